The molecule has 2 N–H and O–H groups in total. The number of anilines is 2. The molecule has 3 rings (SSSR count). The molecule has 1 aromatic heterocycles. The van der Waals surface area contributed by atoms with Crippen LogP contribution in [0.4, 0.5) is 33.5 Å². The van der Waals surface area contributed by atoms with E-state index in [1.54, 1.807) is 4.72 Å². The summed E-state index contributed by atoms with van der Waals surface area (Å²) in [6.45, 7) is 0. The molecule has 33 heavy (non-hydrogen) atoms. The van der Waals surface area contributed by atoms with Crippen LogP contribution in [0.2, 0.25) is 0 Å². The van der Waals surface area contributed by atoms with E-state index in [1.165, 1.54) is 36.5 Å². The van der Waals surface area contributed by atoms with Crippen molar-refractivity contribution in [1.82, 2.24) is 4.98 Å². The zero-order valence-electron chi connectivity index (χ0n) is 16.4. The largest absolute Gasteiger partial charge is 0.453 e. The Kier molecular flexibility index (Phi) is 6.81. The lowest BCUT2D eigenvalue weighted by Crippen LogP contribution is -2.28. The van der Waals surface area contributed by atoms with Gasteiger partial charge in [0.05, 0.1) is 6.20 Å². The average Bonchev–Trinajstić information content (AvgIpc) is 2.69. The Morgan fingerprint density at radius 1 is 1.03 bits per heavy atom. The summed E-state index contributed by atoms with van der Waals surface area (Å²) in [6, 6.07) is 10.3. The van der Waals surface area contributed by atoms with Crippen LogP contribution in [0.5, 0.6) is 11.5 Å². The molecule has 0 aliphatic rings. The third-order valence-corrected chi connectivity index (χ3v) is 5.11. The Hall–Kier alpha value is -3.74. The van der Waals surface area contributed by atoms with Gasteiger partial charge >= 0.3 is 6.18 Å². The molecule has 1 amide bonds. The van der Waals surface area contributed by atoms with Crippen LogP contribution in [0, 0.1) is 11.6 Å². The minimum atomic E-state index is -4.93. The summed E-state index contributed by atoms with van der Waals surface area (Å²) in [5.41, 5.74) is -0.289. The van der Waals surface area contributed by atoms with Gasteiger partial charge in [0.25, 0.3) is 5.91 Å². The Labute approximate surface area is 184 Å². The van der Waals surface area contributed by atoms with E-state index in [4.69, 9.17) is 4.74 Å². The monoisotopic (exact) mass is 487 g/mol. The van der Waals surface area contributed by atoms with Crippen LogP contribution >= 0.6 is 0 Å². The molecule has 0 aliphatic carbocycles. The summed E-state index contributed by atoms with van der Waals surface area (Å²) in [4.78, 5) is 16.3. The van der Waals surface area contributed by atoms with Gasteiger partial charge in [0.2, 0.25) is 10.0 Å². The van der Waals surface area contributed by atoms with Crippen molar-refractivity contribution in [2.75, 3.05) is 15.8 Å². The number of benzene rings is 2. The third-order valence-electron chi connectivity index (χ3n) is 3.85. The number of rotatable bonds is 7. The lowest BCUT2D eigenvalue weighted by atomic mass is 10.2. The number of hydrogen-bond donors (Lipinski definition) is 2. The first-order valence-corrected chi connectivity index (χ1v) is 10.6. The second-order valence-corrected chi connectivity index (χ2v) is 8.29. The van der Waals surface area contributed by atoms with Crippen LogP contribution in [0.3, 0.4) is 0 Å². The van der Waals surface area contributed by atoms with E-state index in [9.17, 15) is 35.2 Å². The highest BCUT2D eigenvalue weighted by Crippen LogP contribution is 2.25. The average molecular weight is 487 g/mol. The number of carbonyl (C=O) groups excluding carboxylic acids is 1. The first-order valence-electron chi connectivity index (χ1n) is 8.98. The lowest BCUT2D eigenvalue weighted by molar-refractivity contribution is -0.106. The van der Waals surface area contributed by atoms with Crippen molar-refractivity contribution in [2.45, 2.75) is 6.18 Å². The van der Waals surface area contributed by atoms with Crippen molar-refractivity contribution in [3.63, 3.8) is 0 Å². The van der Waals surface area contributed by atoms with Gasteiger partial charge in [0, 0.05) is 17.3 Å². The van der Waals surface area contributed by atoms with Crippen molar-refractivity contribution in [1.29, 1.82) is 0 Å². The number of halogens is 5. The number of carbonyl (C=O) groups is 1. The highest BCUT2D eigenvalue weighted by Gasteiger charge is 2.35. The van der Waals surface area contributed by atoms with Gasteiger partial charge in [-0.15, -0.1) is 0 Å². The zero-order valence-corrected chi connectivity index (χ0v) is 17.2. The highest BCUT2D eigenvalue weighted by molar-refractivity contribution is 7.92. The van der Waals surface area contributed by atoms with E-state index in [2.05, 4.69) is 10.3 Å². The van der Waals surface area contributed by atoms with Gasteiger partial charge in [-0.1, -0.05) is 6.07 Å². The molecule has 2 aromatic carbocycles. The standard InChI is InChI=1S/C20H14F5N3O4S/c21-13-4-6-17(16(22)9-13)32-15-5-7-18(26-10-15)27-19(29)12-2-1-3-14(8-12)28-33(30,31)11-20(23,24)25/h1-10,28H,11H2,(H,26,27,29). The molecule has 174 valence electrons. The van der Waals surface area contributed by atoms with E-state index < -0.39 is 39.5 Å². The van der Waals surface area contributed by atoms with Gasteiger partial charge in [0.1, 0.15) is 17.4 Å². The summed E-state index contributed by atoms with van der Waals surface area (Å²) in [5, 5.41) is 2.41. The molecule has 0 saturated heterocycles. The summed E-state index contributed by atoms with van der Waals surface area (Å²) < 4.78 is 93.9. The van der Waals surface area contributed by atoms with Gasteiger partial charge < -0.3 is 10.1 Å². The molecule has 1 heterocycles. The Bertz CT molecular complexity index is 1270. The topological polar surface area (TPSA) is 97.4 Å². The first-order chi connectivity index (χ1) is 15.4. The van der Waals surface area contributed by atoms with E-state index in [0.717, 1.165) is 18.2 Å². The normalized spacial score (nSPS) is 11.7. The predicted molar refractivity (Wildman–Crippen MR) is 109 cm³/mol. The summed E-state index contributed by atoms with van der Waals surface area (Å²) in [6.07, 6.45) is -3.76. The van der Waals surface area contributed by atoms with E-state index in [1.807, 2.05) is 0 Å². The minimum Gasteiger partial charge on any atom is -0.453 e. The number of amides is 1. The van der Waals surface area contributed by atoms with Crippen LogP contribution in [0.25, 0.3) is 0 Å². The van der Waals surface area contributed by atoms with Crippen molar-refractivity contribution < 1.29 is 39.9 Å². The van der Waals surface area contributed by atoms with Crippen LogP contribution in [0.1, 0.15) is 10.4 Å². The van der Waals surface area contributed by atoms with Gasteiger partial charge in [-0.3, -0.25) is 9.52 Å². The number of aromatic nitrogens is 1. The molecule has 7 nitrogen and oxygen atoms in total. The number of sulfonamides is 1. The number of alkyl halides is 3. The van der Waals surface area contributed by atoms with Gasteiger partial charge in [-0.2, -0.15) is 13.2 Å². The molecule has 13 heteroatoms. The minimum absolute atomic E-state index is 0.0509. The Morgan fingerprint density at radius 2 is 1.79 bits per heavy atom. The molecular formula is C20H14F5N3O4S. The van der Waals surface area contributed by atoms with Crippen molar-refractivity contribution in [2.24, 2.45) is 0 Å². The van der Waals surface area contributed by atoms with Gasteiger partial charge in [0.15, 0.2) is 17.3 Å². The van der Waals surface area contributed by atoms with Crippen molar-refractivity contribution in [3.05, 3.63) is 78.0 Å². The van der Waals surface area contributed by atoms with Crippen molar-refractivity contribution >= 4 is 27.4 Å². The maximum absolute atomic E-state index is 13.7. The number of ether oxygens (including phenoxy) is 1. The highest BCUT2D eigenvalue weighted by atomic mass is 32.2. The smallest absolute Gasteiger partial charge is 0.404 e. The molecule has 0 unspecified atom stereocenters. The third kappa shape index (κ3) is 7.14. The second-order valence-electron chi connectivity index (χ2n) is 6.57. The fourth-order valence-electron chi connectivity index (χ4n) is 2.54. The molecular weight excluding hydrogens is 473 g/mol. The van der Waals surface area contributed by atoms with Crippen LogP contribution in [-0.4, -0.2) is 31.2 Å². The summed E-state index contributed by atoms with van der Waals surface area (Å²) in [5.74, 6) is -4.57. The van der Waals surface area contributed by atoms with E-state index in [-0.39, 0.29) is 28.6 Å². The molecule has 0 aliphatic heterocycles. The lowest BCUT2D eigenvalue weighted by Gasteiger charge is -2.11. The molecule has 0 saturated carbocycles. The number of hydrogen-bond acceptors (Lipinski definition) is 5. The van der Waals surface area contributed by atoms with Gasteiger partial charge in [-0.25, -0.2) is 22.2 Å². The Morgan fingerprint density at radius 3 is 2.42 bits per heavy atom. The zero-order chi connectivity index (χ0) is 24.2. The fourth-order valence-corrected chi connectivity index (χ4v) is 3.53. The molecule has 0 atom stereocenters. The predicted octanol–water partition coefficient (Wildman–Crippen LogP) is 4.71. The number of pyridine rings is 1. The Balaban J connectivity index is 1.66. The maximum atomic E-state index is 13.7. The summed E-state index contributed by atoms with van der Waals surface area (Å²) >= 11 is 0. The van der Waals surface area contributed by atoms with Gasteiger partial charge in [-0.05, 0) is 42.5 Å². The number of nitrogens with zero attached hydrogens (tertiary/aromatic N) is 1. The van der Waals surface area contributed by atoms with E-state index in [0.29, 0.717) is 6.07 Å². The quantitative estimate of drug-likeness (QED) is 0.471. The van der Waals surface area contributed by atoms with Crippen LogP contribution in [-0.2, 0) is 10.0 Å². The van der Waals surface area contributed by atoms with Crippen LogP contribution in [0.15, 0.2) is 60.8 Å². The SMILES string of the molecule is O=C(Nc1ccc(Oc2ccc(F)cc2F)cn1)c1cccc(NS(=O)(=O)CC(F)(F)F)c1. The number of nitrogens with one attached hydrogen (secondary N) is 2. The molecule has 0 bridgehead atoms. The van der Waals surface area contributed by atoms with Crippen LogP contribution < -0.4 is 14.8 Å². The second kappa shape index (κ2) is 9.40. The summed E-state index contributed by atoms with van der Waals surface area (Å²) in [7, 11) is -4.71. The van der Waals surface area contributed by atoms with E-state index >= 15 is 0 Å². The molecule has 0 fully saturated rings. The first kappa shape index (κ1) is 23.9. The molecule has 0 spiro atoms. The maximum Gasteiger partial charge on any atom is 0.404 e. The molecule has 0 radical (unpaired) electrons. The van der Waals surface area contributed by atoms with Crippen molar-refractivity contribution in [3.8, 4) is 11.5 Å². The fraction of sp³-hybridized carbons (Fsp3) is 0.100. The molecule has 3 aromatic rings.